The molecule has 0 radical (unpaired) electrons. The van der Waals surface area contributed by atoms with Crippen LogP contribution in [-0.2, 0) is 11.3 Å². The van der Waals surface area contributed by atoms with Crippen LogP contribution < -0.4 is 5.32 Å². The summed E-state index contributed by atoms with van der Waals surface area (Å²) in [6, 6.07) is 7.22. The predicted octanol–water partition coefficient (Wildman–Crippen LogP) is 1.45. The Balaban J connectivity index is 1.61. The molecule has 1 fully saturated rings. The maximum absolute atomic E-state index is 12.5. The summed E-state index contributed by atoms with van der Waals surface area (Å²) in [6.45, 7) is 2.65. The Morgan fingerprint density at radius 1 is 1.38 bits per heavy atom. The van der Waals surface area contributed by atoms with Crippen LogP contribution >= 0.6 is 11.6 Å². The van der Waals surface area contributed by atoms with Crippen LogP contribution in [0.4, 0.5) is 0 Å². The van der Waals surface area contributed by atoms with E-state index in [-0.39, 0.29) is 12.5 Å². The molecule has 0 aliphatic carbocycles. The molecule has 1 aliphatic heterocycles. The third kappa shape index (κ3) is 4.10. The number of rotatable bonds is 5. The average Bonchev–Trinajstić information content (AvgIpc) is 3.04. The second-order valence-electron chi connectivity index (χ2n) is 6.06. The SMILES string of the molecule is CNCC1CCCN(C(=O)Cn2nnc(-c3ccc(Cl)cc3)n2)C1. The Hall–Kier alpha value is -1.99. The van der Waals surface area contributed by atoms with Crippen molar-refractivity contribution in [1.82, 2.24) is 30.4 Å². The molecule has 3 rings (SSSR count). The van der Waals surface area contributed by atoms with Crippen LogP contribution in [0.2, 0.25) is 5.02 Å². The van der Waals surface area contributed by atoms with E-state index in [1.807, 2.05) is 24.1 Å². The minimum absolute atomic E-state index is 0.0378. The molecule has 0 spiro atoms. The van der Waals surface area contributed by atoms with Crippen LogP contribution in [0, 0.1) is 5.92 Å². The number of hydrogen-bond donors (Lipinski definition) is 1. The number of amides is 1. The second kappa shape index (κ2) is 7.72. The molecule has 1 aromatic carbocycles. The number of carbonyl (C=O) groups excluding carboxylic acids is 1. The first-order chi connectivity index (χ1) is 11.7. The number of carbonyl (C=O) groups is 1. The molecule has 1 amide bonds. The fraction of sp³-hybridized carbons (Fsp3) is 0.500. The quantitative estimate of drug-likeness (QED) is 0.885. The molecule has 0 bridgehead atoms. The summed E-state index contributed by atoms with van der Waals surface area (Å²) in [5.74, 6) is 1.04. The van der Waals surface area contributed by atoms with Gasteiger partial charge in [-0.3, -0.25) is 4.79 Å². The summed E-state index contributed by atoms with van der Waals surface area (Å²) in [5, 5.41) is 16.1. The van der Waals surface area contributed by atoms with E-state index < -0.39 is 0 Å². The highest BCUT2D eigenvalue weighted by molar-refractivity contribution is 6.30. The van der Waals surface area contributed by atoms with Gasteiger partial charge in [-0.25, -0.2) is 0 Å². The first-order valence-corrected chi connectivity index (χ1v) is 8.49. The zero-order valence-corrected chi connectivity index (χ0v) is 14.4. The highest BCUT2D eigenvalue weighted by Crippen LogP contribution is 2.18. The summed E-state index contributed by atoms with van der Waals surface area (Å²) >= 11 is 5.88. The summed E-state index contributed by atoms with van der Waals surface area (Å²) in [6.07, 6.45) is 2.20. The monoisotopic (exact) mass is 348 g/mol. The maximum atomic E-state index is 12.5. The number of nitrogens with zero attached hydrogens (tertiary/aromatic N) is 5. The number of hydrogen-bond acceptors (Lipinski definition) is 5. The normalized spacial score (nSPS) is 17.9. The van der Waals surface area contributed by atoms with Gasteiger partial charge in [0.05, 0.1) is 0 Å². The lowest BCUT2D eigenvalue weighted by molar-refractivity contribution is -0.134. The molecule has 24 heavy (non-hydrogen) atoms. The lowest BCUT2D eigenvalue weighted by Gasteiger charge is -2.32. The fourth-order valence-corrected chi connectivity index (χ4v) is 3.12. The van der Waals surface area contributed by atoms with Gasteiger partial charge < -0.3 is 10.2 Å². The minimum atomic E-state index is 0.0378. The van der Waals surface area contributed by atoms with Gasteiger partial charge in [0.25, 0.3) is 0 Å². The molecule has 1 aliphatic rings. The topological polar surface area (TPSA) is 75.9 Å². The van der Waals surface area contributed by atoms with Gasteiger partial charge in [0.2, 0.25) is 11.7 Å². The van der Waals surface area contributed by atoms with Crippen molar-refractivity contribution in [3.8, 4) is 11.4 Å². The van der Waals surface area contributed by atoms with E-state index in [2.05, 4.69) is 20.7 Å². The molecule has 1 saturated heterocycles. The lowest BCUT2D eigenvalue weighted by Crippen LogP contribution is -2.44. The Bertz CT molecular complexity index is 684. The smallest absolute Gasteiger partial charge is 0.246 e. The van der Waals surface area contributed by atoms with Crippen LogP contribution in [0.5, 0.6) is 0 Å². The van der Waals surface area contributed by atoms with E-state index in [1.165, 1.54) is 4.80 Å². The van der Waals surface area contributed by atoms with Crippen molar-refractivity contribution in [2.75, 3.05) is 26.7 Å². The molecule has 2 heterocycles. The molecule has 1 unspecified atom stereocenters. The molecular weight excluding hydrogens is 328 g/mol. The Labute approximate surface area is 146 Å². The molecule has 1 N–H and O–H groups in total. The third-order valence-corrected chi connectivity index (χ3v) is 4.45. The van der Waals surface area contributed by atoms with Crippen LogP contribution in [0.1, 0.15) is 12.8 Å². The molecule has 8 heteroatoms. The highest BCUT2D eigenvalue weighted by atomic mass is 35.5. The van der Waals surface area contributed by atoms with Gasteiger partial charge in [0, 0.05) is 23.7 Å². The van der Waals surface area contributed by atoms with E-state index in [4.69, 9.17) is 11.6 Å². The highest BCUT2D eigenvalue weighted by Gasteiger charge is 2.23. The summed E-state index contributed by atoms with van der Waals surface area (Å²) in [5.41, 5.74) is 0.824. The number of aromatic nitrogens is 4. The second-order valence-corrected chi connectivity index (χ2v) is 6.49. The zero-order chi connectivity index (χ0) is 16.9. The number of benzene rings is 1. The molecule has 1 aromatic heterocycles. The van der Waals surface area contributed by atoms with Crippen molar-refractivity contribution in [2.45, 2.75) is 19.4 Å². The minimum Gasteiger partial charge on any atom is -0.341 e. The van der Waals surface area contributed by atoms with E-state index in [0.29, 0.717) is 16.8 Å². The van der Waals surface area contributed by atoms with Crippen molar-refractivity contribution in [2.24, 2.45) is 5.92 Å². The van der Waals surface area contributed by atoms with Gasteiger partial charge in [-0.05, 0) is 61.8 Å². The van der Waals surface area contributed by atoms with Crippen molar-refractivity contribution in [1.29, 1.82) is 0 Å². The van der Waals surface area contributed by atoms with Crippen LogP contribution in [0.25, 0.3) is 11.4 Å². The van der Waals surface area contributed by atoms with Crippen molar-refractivity contribution in [3.05, 3.63) is 29.3 Å². The maximum Gasteiger partial charge on any atom is 0.246 e. The van der Waals surface area contributed by atoms with Crippen LogP contribution in [-0.4, -0.2) is 57.7 Å². The third-order valence-electron chi connectivity index (χ3n) is 4.20. The van der Waals surface area contributed by atoms with Gasteiger partial charge in [-0.2, -0.15) is 4.80 Å². The molecule has 2 aromatic rings. The van der Waals surface area contributed by atoms with Crippen LogP contribution in [0.15, 0.2) is 24.3 Å². The standard InChI is InChI=1S/C16H21ClN6O/c1-18-9-12-3-2-8-22(10-12)15(24)11-23-20-16(19-21-23)13-4-6-14(17)7-5-13/h4-7,12,18H,2-3,8-11H2,1H3. The van der Waals surface area contributed by atoms with E-state index in [1.54, 1.807) is 12.1 Å². The Morgan fingerprint density at radius 3 is 2.92 bits per heavy atom. The summed E-state index contributed by atoms with van der Waals surface area (Å²) in [7, 11) is 1.94. The largest absolute Gasteiger partial charge is 0.341 e. The lowest BCUT2D eigenvalue weighted by atomic mass is 9.98. The first-order valence-electron chi connectivity index (χ1n) is 8.12. The van der Waals surface area contributed by atoms with Crippen molar-refractivity contribution in [3.63, 3.8) is 0 Å². The number of piperidine rings is 1. The number of halogens is 1. The molecular formula is C16H21ClN6O. The molecule has 128 valence electrons. The number of tetrazole rings is 1. The van der Waals surface area contributed by atoms with E-state index >= 15 is 0 Å². The number of likely N-dealkylation sites (tertiary alicyclic amines) is 1. The summed E-state index contributed by atoms with van der Waals surface area (Å²) in [4.78, 5) is 15.7. The predicted molar refractivity (Wildman–Crippen MR) is 91.5 cm³/mol. The molecule has 7 nitrogen and oxygen atoms in total. The zero-order valence-electron chi connectivity index (χ0n) is 13.7. The Kier molecular flexibility index (Phi) is 5.42. The molecule has 0 saturated carbocycles. The van der Waals surface area contributed by atoms with Gasteiger partial charge in [0.1, 0.15) is 6.54 Å². The van der Waals surface area contributed by atoms with Gasteiger partial charge in [-0.15, -0.1) is 10.2 Å². The van der Waals surface area contributed by atoms with Crippen LogP contribution in [0.3, 0.4) is 0 Å². The van der Waals surface area contributed by atoms with Crippen molar-refractivity contribution < 1.29 is 4.79 Å². The van der Waals surface area contributed by atoms with Gasteiger partial charge >= 0.3 is 0 Å². The number of nitrogens with one attached hydrogen (secondary N) is 1. The van der Waals surface area contributed by atoms with E-state index in [9.17, 15) is 4.79 Å². The van der Waals surface area contributed by atoms with Gasteiger partial charge in [-0.1, -0.05) is 11.6 Å². The first kappa shape index (κ1) is 16.9. The van der Waals surface area contributed by atoms with Crippen molar-refractivity contribution >= 4 is 17.5 Å². The molecule has 1 atom stereocenters. The summed E-state index contributed by atoms with van der Waals surface area (Å²) < 4.78 is 0. The van der Waals surface area contributed by atoms with E-state index in [0.717, 1.165) is 38.0 Å². The van der Waals surface area contributed by atoms with Gasteiger partial charge in [0.15, 0.2) is 0 Å². The average molecular weight is 349 g/mol. The fourth-order valence-electron chi connectivity index (χ4n) is 2.99. The Morgan fingerprint density at radius 2 is 2.17 bits per heavy atom.